The van der Waals surface area contributed by atoms with Crippen molar-refractivity contribution in [2.45, 2.75) is 0 Å². The average Bonchev–Trinajstić information content (AvgIpc) is 2.41. The molecule has 0 fully saturated rings. The predicted octanol–water partition coefficient (Wildman–Crippen LogP) is 3.25. The Labute approximate surface area is 122 Å². The van der Waals surface area contributed by atoms with Gasteiger partial charge in [-0.3, -0.25) is 14.9 Å². The smallest absolute Gasteiger partial charge is 0.312 e. The Morgan fingerprint density at radius 2 is 1.90 bits per heavy atom. The van der Waals surface area contributed by atoms with Gasteiger partial charge in [-0.05, 0) is 24.3 Å². The summed E-state index contributed by atoms with van der Waals surface area (Å²) in [7, 11) is 0. The summed E-state index contributed by atoms with van der Waals surface area (Å²) in [6.07, 6.45) is 0. The van der Waals surface area contributed by atoms with Crippen LogP contribution in [0.1, 0.15) is 10.4 Å². The normalized spacial score (nSPS) is 10.1. The van der Waals surface area contributed by atoms with Crippen LogP contribution in [0.25, 0.3) is 0 Å². The highest BCUT2D eigenvalue weighted by molar-refractivity contribution is 9.10. The second kappa shape index (κ2) is 5.70. The van der Waals surface area contributed by atoms with Gasteiger partial charge in [0.1, 0.15) is 5.75 Å². The van der Waals surface area contributed by atoms with E-state index in [1.165, 1.54) is 24.3 Å². The quantitative estimate of drug-likeness (QED) is 0.684. The van der Waals surface area contributed by atoms with Crippen molar-refractivity contribution in [2.24, 2.45) is 5.73 Å². The summed E-state index contributed by atoms with van der Waals surface area (Å²) in [5.41, 5.74) is 5.18. The van der Waals surface area contributed by atoms with E-state index in [0.717, 1.165) is 0 Å². The fourth-order valence-electron chi connectivity index (χ4n) is 1.60. The molecule has 2 N–H and O–H groups in total. The summed E-state index contributed by atoms with van der Waals surface area (Å²) in [5.74, 6) is -0.460. The Hall–Kier alpha value is -2.41. The Balaban J connectivity index is 2.45. The number of hydrogen-bond acceptors (Lipinski definition) is 4. The molecule has 7 heteroatoms. The molecule has 2 aromatic rings. The minimum absolute atomic E-state index is 0.0342. The lowest BCUT2D eigenvalue weighted by atomic mass is 10.2. The summed E-state index contributed by atoms with van der Waals surface area (Å²) < 4.78 is 6.01. The van der Waals surface area contributed by atoms with E-state index in [0.29, 0.717) is 4.47 Å². The van der Waals surface area contributed by atoms with E-state index < -0.39 is 10.8 Å². The fourth-order valence-corrected chi connectivity index (χ4v) is 1.95. The molecule has 0 aliphatic rings. The number of ether oxygens (including phenoxy) is 1. The number of nitro groups is 1. The van der Waals surface area contributed by atoms with Crippen molar-refractivity contribution in [3.05, 3.63) is 62.6 Å². The first kappa shape index (κ1) is 14.0. The number of carbonyl (C=O) groups excluding carboxylic acids is 1. The molecule has 6 nitrogen and oxygen atoms in total. The first-order chi connectivity index (χ1) is 9.49. The zero-order chi connectivity index (χ0) is 14.7. The van der Waals surface area contributed by atoms with Gasteiger partial charge in [0.15, 0.2) is 0 Å². The molecule has 0 bridgehead atoms. The van der Waals surface area contributed by atoms with Crippen LogP contribution in [0.15, 0.2) is 46.9 Å². The van der Waals surface area contributed by atoms with Gasteiger partial charge in [-0.2, -0.15) is 0 Å². The maximum atomic E-state index is 11.3. The Kier molecular flexibility index (Phi) is 3.99. The highest BCUT2D eigenvalue weighted by Gasteiger charge is 2.18. The van der Waals surface area contributed by atoms with E-state index in [1.54, 1.807) is 18.2 Å². The number of nitrogens with two attached hydrogens (primary N) is 1. The van der Waals surface area contributed by atoms with Crippen molar-refractivity contribution in [3.8, 4) is 11.5 Å². The molecule has 0 aliphatic carbocycles. The first-order valence-electron chi connectivity index (χ1n) is 5.49. The summed E-state index contributed by atoms with van der Waals surface area (Å²) in [5, 5.41) is 11.0. The van der Waals surface area contributed by atoms with E-state index in [-0.39, 0.29) is 22.7 Å². The van der Waals surface area contributed by atoms with Gasteiger partial charge >= 0.3 is 5.69 Å². The van der Waals surface area contributed by atoms with Crippen LogP contribution in [0, 0.1) is 10.1 Å². The molecular formula is C13H9BrN2O4. The van der Waals surface area contributed by atoms with Gasteiger partial charge in [-0.1, -0.05) is 28.1 Å². The first-order valence-corrected chi connectivity index (χ1v) is 6.29. The third-order valence-electron chi connectivity index (χ3n) is 2.49. The van der Waals surface area contributed by atoms with Crippen LogP contribution in [0.3, 0.4) is 0 Å². The number of carbonyl (C=O) groups is 1. The number of primary amides is 1. The summed E-state index contributed by atoms with van der Waals surface area (Å²) in [4.78, 5) is 21.7. The maximum Gasteiger partial charge on any atom is 0.312 e. The molecule has 0 aromatic heterocycles. The Morgan fingerprint density at radius 3 is 2.55 bits per heavy atom. The molecule has 0 saturated heterocycles. The van der Waals surface area contributed by atoms with Crippen LogP contribution in [0.2, 0.25) is 0 Å². The van der Waals surface area contributed by atoms with Gasteiger partial charge in [-0.25, -0.2) is 0 Å². The van der Waals surface area contributed by atoms with Crippen LogP contribution in [0.5, 0.6) is 11.5 Å². The Morgan fingerprint density at radius 1 is 1.20 bits per heavy atom. The second-order valence-electron chi connectivity index (χ2n) is 3.83. The molecule has 0 aliphatic heterocycles. The third-order valence-corrected chi connectivity index (χ3v) is 2.98. The van der Waals surface area contributed by atoms with E-state index in [1.807, 2.05) is 0 Å². The average molecular weight is 337 g/mol. The van der Waals surface area contributed by atoms with Crippen molar-refractivity contribution < 1.29 is 14.5 Å². The number of para-hydroxylation sites is 1. The van der Waals surface area contributed by atoms with Gasteiger partial charge < -0.3 is 10.5 Å². The second-order valence-corrected chi connectivity index (χ2v) is 4.75. The number of halogens is 1. The van der Waals surface area contributed by atoms with Gasteiger partial charge in [0.25, 0.3) is 5.91 Å². The number of benzene rings is 2. The van der Waals surface area contributed by atoms with Gasteiger partial charge in [0, 0.05) is 10.5 Å². The molecule has 0 radical (unpaired) electrons. The van der Waals surface area contributed by atoms with Gasteiger partial charge in [-0.15, -0.1) is 0 Å². The summed E-state index contributed by atoms with van der Waals surface area (Å²) >= 11 is 3.15. The molecular weight excluding hydrogens is 328 g/mol. The predicted molar refractivity (Wildman–Crippen MR) is 75.8 cm³/mol. The molecule has 0 spiro atoms. The van der Waals surface area contributed by atoms with Crippen LogP contribution >= 0.6 is 15.9 Å². The molecule has 1 amide bonds. The number of hydrogen-bond donors (Lipinski definition) is 1. The number of nitro benzene ring substituents is 1. The highest BCUT2D eigenvalue weighted by atomic mass is 79.9. The standard InChI is InChI=1S/C13H9BrN2O4/c14-8-5-6-12(10(7-8)16(18)19)20-11-4-2-1-3-9(11)13(15)17/h1-7H,(H2,15,17). The number of amides is 1. The van der Waals surface area contributed by atoms with E-state index in [9.17, 15) is 14.9 Å². The van der Waals surface area contributed by atoms with E-state index >= 15 is 0 Å². The zero-order valence-corrected chi connectivity index (χ0v) is 11.7. The lowest BCUT2D eigenvalue weighted by molar-refractivity contribution is -0.385. The van der Waals surface area contributed by atoms with Gasteiger partial charge in [0.2, 0.25) is 5.75 Å². The lowest BCUT2D eigenvalue weighted by Gasteiger charge is -2.09. The zero-order valence-electron chi connectivity index (χ0n) is 10.1. The van der Waals surface area contributed by atoms with Crippen molar-refractivity contribution >= 4 is 27.5 Å². The molecule has 0 atom stereocenters. The van der Waals surface area contributed by atoms with Gasteiger partial charge in [0.05, 0.1) is 10.5 Å². The van der Waals surface area contributed by atoms with E-state index in [2.05, 4.69) is 15.9 Å². The monoisotopic (exact) mass is 336 g/mol. The molecule has 102 valence electrons. The topological polar surface area (TPSA) is 95.5 Å². The molecule has 0 heterocycles. The molecule has 2 rings (SSSR count). The summed E-state index contributed by atoms with van der Waals surface area (Å²) in [6.45, 7) is 0. The van der Waals surface area contributed by atoms with Crippen molar-refractivity contribution in [1.82, 2.24) is 0 Å². The van der Waals surface area contributed by atoms with Crippen molar-refractivity contribution in [2.75, 3.05) is 0 Å². The fraction of sp³-hybridized carbons (Fsp3) is 0. The largest absolute Gasteiger partial charge is 0.449 e. The van der Waals surface area contributed by atoms with Crippen molar-refractivity contribution in [3.63, 3.8) is 0 Å². The van der Waals surface area contributed by atoms with E-state index in [4.69, 9.17) is 10.5 Å². The van der Waals surface area contributed by atoms with Crippen molar-refractivity contribution in [1.29, 1.82) is 0 Å². The highest BCUT2D eigenvalue weighted by Crippen LogP contribution is 2.34. The summed E-state index contributed by atoms with van der Waals surface area (Å²) in [6, 6.07) is 10.7. The van der Waals surface area contributed by atoms with Crippen LogP contribution in [0.4, 0.5) is 5.69 Å². The minimum Gasteiger partial charge on any atom is -0.449 e. The molecule has 0 unspecified atom stereocenters. The number of rotatable bonds is 4. The molecule has 0 saturated carbocycles. The Bertz CT molecular complexity index is 688. The lowest BCUT2D eigenvalue weighted by Crippen LogP contribution is -2.12. The SMILES string of the molecule is NC(=O)c1ccccc1Oc1ccc(Br)cc1[N+](=O)[O-]. The van der Waals surface area contributed by atoms with Crippen LogP contribution in [-0.4, -0.2) is 10.8 Å². The third kappa shape index (κ3) is 2.94. The van der Waals surface area contributed by atoms with Crippen LogP contribution < -0.4 is 10.5 Å². The maximum absolute atomic E-state index is 11.3. The minimum atomic E-state index is -0.666. The van der Waals surface area contributed by atoms with Crippen LogP contribution in [-0.2, 0) is 0 Å². The number of nitrogens with zero attached hydrogens (tertiary/aromatic N) is 1. The molecule has 20 heavy (non-hydrogen) atoms. The molecule has 2 aromatic carbocycles.